The Balaban J connectivity index is 1.89. The first-order chi connectivity index (χ1) is 13.8. The summed E-state index contributed by atoms with van der Waals surface area (Å²) in [5.41, 5.74) is 9.53. The highest BCUT2D eigenvalue weighted by Crippen LogP contribution is 2.41. The largest absolute Gasteiger partial charge is 0.388 e. The molecule has 4 atom stereocenters. The third-order valence-electron chi connectivity index (χ3n) is 7.09. The van der Waals surface area contributed by atoms with Gasteiger partial charge < -0.3 is 5.11 Å². The van der Waals surface area contributed by atoms with Crippen LogP contribution in [0.25, 0.3) is 0 Å². The third-order valence-corrected chi connectivity index (χ3v) is 7.09. The Morgan fingerprint density at radius 2 is 1.97 bits per heavy atom. The van der Waals surface area contributed by atoms with Crippen molar-refractivity contribution in [3.8, 4) is 0 Å². The molecule has 0 saturated heterocycles. The number of rotatable bonds is 5. The minimum Gasteiger partial charge on any atom is -0.388 e. The van der Waals surface area contributed by atoms with Crippen LogP contribution in [-0.2, 0) is 0 Å². The van der Waals surface area contributed by atoms with Crippen molar-refractivity contribution in [2.75, 3.05) is 0 Å². The molecule has 0 spiro atoms. The van der Waals surface area contributed by atoms with E-state index in [1.165, 1.54) is 52.7 Å². The molecule has 1 N–H and O–H groups in total. The van der Waals surface area contributed by atoms with Gasteiger partial charge in [-0.05, 0) is 93.3 Å². The molecule has 158 valence electrons. The standard InChI is InChI=1S/C28H40O/c1-7-23(15-21(5)24-10-8-9-18(2)12-24)27-16-26(17-28(29)22(27)6)25-13-19(3)11-20(4)14-25/h10-12,16,19,21,25,28-29H,6-9,13-15,17H2,1-5H3. The van der Waals surface area contributed by atoms with Crippen LogP contribution in [0.3, 0.4) is 0 Å². The van der Waals surface area contributed by atoms with Crippen LogP contribution in [0.2, 0.25) is 0 Å². The molecule has 3 rings (SSSR count). The number of aliphatic hydroxyl groups is 1. The van der Waals surface area contributed by atoms with Crippen LogP contribution < -0.4 is 0 Å². The molecule has 0 bridgehead atoms. The van der Waals surface area contributed by atoms with E-state index in [2.05, 4.69) is 65.5 Å². The Morgan fingerprint density at radius 3 is 2.62 bits per heavy atom. The quantitative estimate of drug-likeness (QED) is 0.477. The highest BCUT2D eigenvalue weighted by atomic mass is 16.3. The third kappa shape index (κ3) is 5.31. The van der Waals surface area contributed by atoms with E-state index in [-0.39, 0.29) is 0 Å². The van der Waals surface area contributed by atoms with Crippen LogP contribution in [0.4, 0.5) is 0 Å². The summed E-state index contributed by atoms with van der Waals surface area (Å²) in [6.45, 7) is 15.7. The molecule has 1 nitrogen and oxygen atoms in total. The molecule has 0 saturated carbocycles. The van der Waals surface area contributed by atoms with Gasteiger partial charge in [0.1, 0.15) is 0 Å². The van der Waals surface area contributed by atoms with Crippen molar-refractivity contribution < 1.29 is 5.11 Å². The van der Waals surface area contributed by atoms with Gasteiger partial charge in [0.15, 0.2) is 0 Å². The Labute approximate surface area is 178 Å². The van der Waals surface area contributed by atoms with Crippen LogP contribution in [-0.4, -0.2) is 11.2 Å². The van der Waals surface area contributed by atoms with Gasteiger partial charge in [-0.2, -0.15) is 0 Å². The van der Waals surface area contributed by atoms with E-state index in [9.17, 15) is 5.11 Å². The Kier molecular flexibility index (Phi) is 7.22. The van der Waals surface area contributed by atoms with Gasteiger partial charge in [-0.15, -0.1) is 0 Å². The van der Waals surface area contributed by atoms with Crippen LogP contribution in [0.15, 0.2) is 69.9 Å². The van der Waals surface area contributed by atoms with Gasteiger partial charge in [-0.3, -0.25) is 0 Å². The fraction of sp³-hybridized carbons (Fsp3) is 0.571. The summed E-state index contributed by atoms with van der Waals surface area (Å²) < 4.78 is 0. The summed E-state index contributed by atoms with van der Waals surface area (Å²) >= 11 is 0. The van der Waals surface area contributed by atoms with E-state index in [0.717, 1.165) is 31.3 Å². The summed E-state index contributed by atoms with van der Waals surface area (Å²) in [7, 11) is 0. The molecule has 0 aliphatic heterocycles. The van der Waals surface area contributed by atoms with E-state index in [0.29, 0.717) is 17.8 Å². The molecule has 4 unspecified atom stereocenters. The molecule has 29 heavy (non-hydrogen) atoms. The summed E-state index contributed by atoms with van der Waals surface area (Å²) in [5, 5.41) is 10.8. The maximum Gasteiger partial charge on any atom is 0.0827 e. The highest BCUT2D eigenvalue weighted by Gasteiger charge is 2.29. The molecule has 0 aromatic heterocycles. The maximum absolute atomic E-state index is 10.8. The normalized spacial score (nSPS) is 30.8. The van der Waals surface area contributed by atoms with Crippen molar-refractivity contribution in [2.45, 2.75) is 85.7 Å². The summed E-state index contributed by atoms with van der Waals surface area (Å²) in [4.78, 5) is 0. The van der Waals surface area contributed by atoms with Crippen LogP contribution in [0.1, 0.15) is 79.6 Å². The van der Waals surface area contributed by atoms with E-state index in [1.54, 1.807) is 0 Å². The molecule has 3 aliphatic rings. The highest BCUT2D eigenvalue weighted by molar-refractivity contribution is 5.50. The SMILES string of the molecule is C=C1C(=C(CC)CC(C)C2=CCCC(C)=C2)C=C(C2CC(C)=CC(C)C2)CC1O. The van der Waals surface area contributed by atoms with Gasteiger partial charge in [0.25, 0.3) is 0 Å². The first kappa shape index (κ1) is 22.1. The Morgan fingerprint density at radius 1 is 1.21 bits per heavy atom. The first-order valence-corrected chi connectivity index (χ1v) is 11.6. The number of hydrogen-bond donors (Lipinski definition) is 1. The molecule has 1 heteroatoms. The lowest BCUT2D eigenvalue weighted by molar-refractivity contribution is 0.205. The van der Waals surface area contributed by atoms with Crippen molar-refractivity contribution in [3.63, 3.8) is 0 Å². The number of aliphatic hydroxyl groups excluding tert-OH is 1. The lowest BCUT2D eigenvalue weighted by Crippen LogP contribution is -2.23. The molecule has 3 aliphatic carbocycles. The first-order valence-electron chi connectivity index (χ1n) is 11.6. The second kappa shape index (κ2) is 9.47. The molecular formula is C28H40O. The molecular weight excluding hydrogens is 352 g/mol. The predicted molar refractivity (Wildman–Crippen MR) is 126 cm³/mol. The van der Waals surface area contributed by atoms with Crippen LogP contribution in [0, 0.1) is 17.8 Å². The molecule has 0 heterocycles. The zero-order valence-corrected chi connectivity index (χ0v) is 19.2. The average molecular weight is 393 g/mol. The van der Waals surface area contributed by atoms with Crippen molar-refractivity contribution in [2.24, 2.45) is 17.8 Å². The summed E-state index contributed by atoms with van der Waals surface area (Å²) in [6, 6.07) is 0. The van der Waals surface area contributed by atoms with E-state index >= 15 is 0 Å². The molecule has 0 aromatic carbocycles. The van der Waals surface area contributed by atoms with Gasteiger partial charge in [0.2, 0.25) is 0 Å². The molecule has 0 fully saturated rings. The van der Waals surface area contributed by atoms with Gasteiger partial charge in [-0.1, -0.05) is 73.9 Å². The lowest BCUT2D eigenvalue weighted by Gasteiger charge is -2.33. The topological polar surface area (TPSA) is 20.2 Å². The fourth-order valence-electron chi connectivity index (χ4n) is 5.46. The monoisotopic (exact) mass is 392 g/mol. The number of allylic oxidation sites excluding steroid dienone is 8. The summed E-state index contributed by atoms with van der Waals surface area (Å²) in [6.07, 6.45) is 16.7. The minimum atomic E-state index is -0.431. The summed E-state index contributed by atoms with van der Waals surface area (Å²) in [5.74, 6) is 1.70. The Bertz CT molecular complexity index is 798. The van der Waals surface area contributed by atoms with E-state index in [1.807, 2.05) is 0 Å². The maximum atomic E-state index is 10.8. The van der Waals surface area contributed by atoms with Gasteiger partial charge >= 0.3 is 0 Å². The van der Waals surface area contributed by atoms with Crippen LogP contribution in [0.5, 0.6) is 0 Å². The zero-order valence-electron chi connectivity index (χ0n) is 19.2. The smallest absolute Gasteiger partial charge is 0.0827 e. The molecule has 0 amide bonds. The van der Waals surface area contributed by atoms with Crippen molar-refractivity contribution >= 4 is 0 Å². The molecule has 0 radical (unpaired) electrons. The van der Waals surface area contributed by atoms with Gasteiger partial charge in [0.05, 0.1) is 6.10 Å². The second-order valence-electron chi connectivity index (χ2n) is 9.80. The lowest BCUT2D eigenvalue weighted by atomic mass is 9.73. The van der Waals surface area contributed by atoms with E-state index in [4.69, 9.17) is 0 Å². The van der Waals surface area contributed by atoms with Crippen molar-refractivity contribution in [1.82, 2.24) is 0 Å². The van der Waals surface area contributed by atoms with Gasteiger partial charge in [-0.25, -0.2) is 0 Å². The minimum absolute atomic E-state index is 0.431. The van der Waals surface area contributed by atoms with Gasteiger partial charge in [0, 0.05) is 0 Å². The second-order valence-corrected chi connectivity index (χ2v) is 9.80. The average Bonchev–Trinajstić information content (AvgIpc) is 2.67. The fourth-order valence-corrected chi connectivity index (χ4v) is 5.46. The van der Waals surface area contributed by atoms with Crippen LogP contribution >= 0.6 is 0 Å². The Hall–Kier alpha value is -1.60. The number of hydrogen-bond acceptors (Lipinski definition) is 1. The van der Waals surface area contributed by atoms with Crippen molar-refractivity contribution in [3.05, 3.63) is 69.9 Å². The zero-order chi connectivity index (χ0) is 21.1. The van der Waals surface area contributed by atoms with E-state index < -0.39 is 6.10 Å². The molecule has 0 aromatic rings. The van der Waals surface area contributed by atoms with Crippen molar-refractivity contribution in [1.29, 1.82) is 0 Å². The predicted octanol–water partition coefficient (Wildman–Crippen LogP) is 7.63.